The maximum Gasteiger partial charge on any atom is 0.174 e. The van der Waals surface area contributed by atoms with Gasteiger partial charge in [-0.15, -0.1) is 0 Å². The second-order valence-corrected chi connectivity index (χ2v) is 4.51. The largest absolute Gasteiger partial charge is 0.378 e. The molecule has 0 atom stereocenters. The average molecular weight is 251 g/mol. The molecule has 0 fully saturated rings. The molecule has 0 unspecified atom stereocenters. The first-order valence-corrected chi connectivity index (χ1v) is 6.34. The van der Waals surface area contributed by atoms with Gasteiger partial charge >= 0.3 is 0 Å². The van der Waals surface area contributed by atoms with Gasteiger partial charge in [-0.3, -0.25) is 0 Å². The Kier molecular flexibility index (Phi) is 4.51. The van der Waals surface area contributed by atoms with Crippen LogP contribution in [0.3, 0.4) is 0 Å². The van der Waals surface area contributed by atoms with E-state index in [0.717, 1.165) is 0 Å². The highest BCUT2D eigenvalue weighted by Crippen LogP contribution is 2.12. The maximum atomic E-state index is 2.12. The predicted molar refractivity (Wildman–Crippen MR) is 81.8 cm³/mol. The minimum Gasteiger partial charge on any atom is -0.378 e. The molecule has 2 rings (SSSR count). The Balaban J connectivity index is 1.97. The van der Waals surface area contributed by atoms with E-state index in [-0.39, 0.29) is 0 Å². The summed E-state index contributed by atoms with van der Waals surface area (Å²) < 4.78 is 2.01. The Morgan fingerprint density at radius 3 is 2.21 bits per heavy atom. The summed E-state index contributed by atoms with van der Waals surface area (Å²) in [5.74, 6) is 0. The zero-order valence-corrected chi connectivity index (χ0v) is 11.4. The molecule has 96 valence electrons. The van der Waals surface area contributed by atoms with Crippen molar-refractivity contribution in [1.29, 1.82) is 0 Å². The van der Waals surface area contributed by atoms with Crippen molar-refractivity contribution in [2.24, 2.45) is 0 Å². The van der Waals surface area contributed by atoms with Crippen LogP contribution in [0, 0.1) is 0 Å². The van der Waals surface area contributed by atoms with Crippen LogP contribution in [-0.4, -0.2) is 14.1 Å². The fraction of sp³-hybridized carbons (Fsp3) is 0.118. The Morgan fingerprint density at radius 2 is 1.58 bits per heavy atom. The van der Waals surface area contributed by atoms with Crippen LogP contribution in [0.25, 0.3) is 12.3 Å². The van der Waals surface area contributed by atoms with Crippen LogP contribution in [0.4, 0.5) is 5.69 Å². The Morgan fingerprint density at radius 1 is 0.895 bits per heavy atom. The normalized spacial score (nSPS) is 11.3. The average Bonchev–Trinajstić information content (AvgIpc) is 2.45. The number of nitrogens with zero attached hydrogens (tertiary/aromatic N) is 2. The molecular weight excluding hydrogens is 232 g/mol. The molecule has 2 nitrogen and oxygen atoms in total. The monoisotopic (exact) mass is 251 g/mol. The van der Waals surface area contributed by atoms with Gasteiger partial charge in [0, 0.05) is 38.0 Å². The van der Waals surface area contributed by atoms with Crippen molar-refractivity contribution in [3.8, 4) is 0 Å². The molecular formula is C17H19N2+. The Hall–Kier alpha value is -2.35. The molecule has 0 spiro atoms. The van der Waals surface area contributed by atoms with E-state index in [9.17, 15) is 0 Å². The lowest BCUT2D eigenvalue weighted by molar-refractivity contribution is -0.568. The zero-order chi connectivity index (χ0) is 13.5. The third-order valence-electron chi connectivity index (χ3n) is 2.81. The molecule has 2 heteroatoms. The molecule has 1 aromatic carbocycles. The molecule has 0 aliphatic carbocycles. The lowest BCUT2D eigenvalue weighted by Gasteiger charge is -2.11. The zero-order valence-electron chi connectivity index (χ0n) is 11.4. The predicted octanol–water partition coefficient (Wildman–Crippen LogP) is 3.22. The molecule has 0 N–H and O–H groups in total. The highest BCUT2D eigenvalue weighted by molar-refractivity contribution is 5.56. The van der Waals surface area contributed by atoms with Gasteiger partial charge < -0.3 is 4.90 Å². The van der Waals surface area contributed by atoms with Gasteiger partial charge in [0.25, 0.3) is 0 Å². The second-order valence-electron chi connectivity index (χ2n) is 4.51. The van der Waals surface area contributed by atoms with Crippen molar-refractivity contribution in [2.75, 3.05) is 19.0 Å². The summed E-state index contributed by atoms with van der Waals surface area (Å²) in [6, 6.07) is 14.5. The van der Waals surface area contributed by atoms with E-state index in [2.05, 4.69) is 35.2 Å². The number of allylic oxidation sites excluding steroid dienone is 2. The first-order chi connectivity index (χ1) is 9.25. The Bertz CT molecular complexity index is 552. The van der Waals surface area contributed by atoms with Gasteiger partial charge in [-0.2, -0.15) is 4.57 Å². The molecule has 0 radical (unpaired) electrons. The standard InChI is InChI=1S/C17H19N2/c1-18(2)17-11-9-16(10-12-17)8-4-7-15-19-13-5-3-6-14-19/h3-15H,1-2H3/q+1. The summed E-state index contributed by atoms with van der Waals surface area (Å²) in [6.45, 7) is 0. The summed E-state index contributed by atoms with van der Waals surface area (Å²) in [5.41, 5.74) is 2.42. The molecule has 0 bridgehead atoms. The summed E-state index contributed by atoms with van der Waals surface area (Å²) in [5, 5.41) is 0. The molecule has 19 heavy (non-hydrogen) atoms. The quantitative estimate of drug-likeness (QED) is 0.598. The van der Waals surface area contributed by atoms with E-state index in [0.29, 0.717) is 0 Å². The van der Waals surface area contributed by atoms with Gasteiger partial charge in [0.15, 0.2) is 18.6 Å². The maximum absolute atomic E-state index is 2.12. The van der Waals surface area contributed by atoms with Gasteiger partial charge in [-0.25, -0.2) is 0 Å². The fourth-order valence-electron chi connectivity index (χ4n) is 1.71. The van der Waals surface area contributed by atoms with E-state index in [1.807, 2.05) is 67.6 Å². The molecule has 0 saturated heterocycles. The minimum atomic E-state index is 1.20. The lowest BCUT2D eigenvalue weighted by atomic mass is 10.2. The van der Waals surface area contributed by atoms with Crippen LogP contribution in [0.5, 0.6) is 0 Å². The van der Waals surface area contributed by atoms with Gasteiger partial charge in [-0.1, -0.05) is 30.4 Å². The lowest BCUT2D eigenvalue weighted by Crippen LogP contribution is -2.23. The molecule has 1 aromatic heterocycles. The highest BCUT2D eigenvalue weighted by atomic mass is 15.1. The summed E-state index contributed by atoms with van der Waals surface area (Å²) in [4.78, 5) is 2.10. The van der Waals surface area contributed by atoms with Crippen molar-refractivity contribution in [3.05, 3.63) is 72.6 Å². The van der Waals surface area contributed by atoms with E-state index in [1.54, 1.807) is 0 Å². The first kappa shape index (κ1) is 13.1. The van der Waals surface area contributed by atoms with E-state index >= 15 is 0 Å². The number of aromatic nitrogens is 1. The van der Waals surface area contributed by atoms with E-state index in [4.69, 9.17) is 0 Å². The van der Waals surface area contributed by atoms with Crippen LogP contribution >= 0.6 is 0 Å². The third kappa shape index (κ3) is 4.11. The molecule has 0 amide bonds. The number of benzene rings is 1. The van der Waals surface area contributed by atoms with Crippen molar-refractivity contribution < 1.29 is 4.57 Å². The van der Waals surface area contributed by atoms with Crippen LogP contribution in [-0.2, 0) is 0 Å². The number of rotatable bonds is 4. The number of anilines is 1. The van der Waals surface area contributed by atoms with Gasteiger partial charge in [0.2, 0.25) is 0 Å². The fourth-order valence-corrected chi connectivity index (χ4v) is 1.71. The van der Waals surface area contributed by atoms with Crippen LogP contribution in [0.15, 0.2) is 67.0 Å². The smallest absolute Gasteiger partial charge is 0.174 e. The molecule has 0 aliphatic heterocycles. The second kappa shape index (κ2) is 6.55. The van der Waals surface area contributed by atoms with Gasteiger partial charge in [0.1, 0.15) is 0 Å². The minimum absolute atomic E-state index is 1.20. The third-order valence-corrected chi connectivity index (χ3v) is 2.81. The van der Waals surface area contributed by atoms with Crippen molar-refractivity contribution in [2.45, 2.75) is 0 Å². The van der Waals surface area contributed by atoms with Crippen molar-refractivity contribution in [3.63, 3.8) is 0 Å². The van der Waals surface area contributed by atoms with Crippen LogP contribution < -0.4 is 9.47 Å². The molecule has 2 aromatic rings. The van der Waals surface area contributed by atoms with Crippen molar-refractivity contribution in [1.82, 2.24) is 0 Å². The topological polar surface area (TPSA) is 7.12 Å². The summed E-state index contributed by atoms with van der Waals surface area (Å²) in [7, 11) is 4.09. The number of hydrogen-bond acceptors (Lipinski definition) is 1. The van der Waals surface area contributed by atoms with Gasteiger partial charge in [0.05, 0.1) is 0 Å². The molecule has 0 aliphatic rings. The summed E-state index contributed by atoms with van der Waals surface area (Å²) >= 11 is 0. The van der Waals surface area contributed by atoms with Crippen LogP contribution in [0.2, 0.25) is 0 Å². The van der Waals surface area contributed by atoms with E-state index < -0.39 is 0 Å². The van der Waals surface area contributed by atoms with Crippen molar-refractivity contribution >= 4 is 18.0 Å². The number of hydrogen-bond donors (Lipinski definition) is 0. The molecule has 1 heterocycles. The number of pyridine rings is 1. The Labute approximate surface area is 114 Å². The first-order valence-electron chi connectivity index (χ1n) is 6.34. The highest BCUT2D eigenvalue weighted by Gasteiger charge is 1.93. The van der Waals surface area contributed by atoms with Crippen LogP contribution in [0.1, 0.15) is 5.56 Å². The van der Waals surface area contributed by atoms with Gasteiger partial charge in [-0.05, 0) is 17.7 Å². The SMILES string of the molecule is CN(C)c1ccc(C=CC=C[n+]2ccccc2)cc1. The van der Waals surface area contributed by atoms with E-state index in [1.165, 1.54) is 11.3 Å². The summed E-state index contributed by atoms with van der Waals surface area (Å²) in [6.07, 6.45) is 12.2. The molecule has 0 saturated carbocycles.